The molecule has 0 aliphatic heterocycles. The fourth-order valence-electron chi connectivity index (χ4n) is 0.735. The van der Waals surface area contributed by atoms with Gasteiger partial charge in [-0.05, 0) is 12.1 Å². The van der Waals surface area contributed by atoms with Gasteiger partial charge in [-0.3, -0.25) is 0 Å². The first-order chi connectivity index (χ1) is 6.70. The molecule has 1 aromatic carbocycles. The molecule has 0 atom stereocenters. The molecule has 0 saturated carbocycles. The van der Waals surface area contributed by atoms with Crippen molar-refractivity contribution in [2.24, 2.45) is 0 Å². The molecule has 0 aliphatic carbocycles. The lowest BCUT2D eigenvalue weighted by molar-refractivity contribution is -0.139. The zero-order chi connectivity index (χ0) is 10.4. The van der Waals surface area contributed by atoms with E-state index in [1.54, 1.807) is 0 Å². The first kappa shape index (κ1) is 11.7. The van der Waals surface area contributed by atoms with E-state index in [2.05, 4.69) is 0 Å². The predicted molar refractivity (Wildman–Crippen MR) is 58.8 cm³/mol. The Hall–Kier alpha value is -0.380. The number of carbonyl (C=O) groups excluding carboxylic acids is 1. The summed E-state index contributed by atoms with van der Waals surface area (Å²) < 4.78 is 4.77. The van der Waals surface area contributed by atoms with Gasteiger partial charge in [0.05, 0.1) is 0 Å². The van der Waals surface area contributed by atoms with Gasteiger partial charge in [0.15, 0.2) is 0 Å². The summed E-state index contributed by atoms with van der Waals surface area (Å²) in [5, 5.41) is 0. The molecule has 0 spiro atoms. The maximum Gasteiger partial charge on any atom is 0.340 e. The molecule has 2 nitrogen and oxygen atoms in total. The van der Waals surface area contributed by atoms with E-state index >= 15 is 0 Å². The van der Waals surface area contributed by atoms with Crippen LogP contribution in [0.25, 0.3) is 0 Å². The average Bonchev–Trinajstić information content (AvgIpc) is 2.19. The Morgan fingerprint density at radius 1 is 1.36 bits per heavy atom. The lowest BCUT2D eigenvalue weighted by atomic mass is 10.4. The molecule has 1 rings (SSSR count). The Morgan fingerprint density at radius 2 is 2.00 bits per heavy atom. The first-order valence-corrected chi connectivity index (χ1v) is 5.68. The summed E-state index contributed by atoms with van der Waals surface area (Å²) >= 11 is 12.0. The average molecular weight is 251 g/mol. The number of thioether (sulfide) groups is 1. The van der Waals surface area contributed by atoms with E-state index in [9.17, 15) is 4.79 Å². The highest BCUT2D eigenvalue weighted by atomic mass is 35.5. The second-order valence-corrected chi connectivity index (χ2v) is 4.43. The fraction of sp³-hybridized carbons (Fsp3) is 0.222. The summed E-state index contributed by atoms with van der Waals surface area (Å²) in [6.07, 6.45) is 0. The van der Waals surface area contributed by atoms with Crippen LogP contribution in [0.4, 0.5) is 0 Å². The number of esters is 1. The van der Waals surface area contributed by atoms with E-state index in [0.717, 1.165) is 4.90 Å². The van der Waals surface area contributed by atoms with Crippen LogP contribution in [0.5, 0.6) is 0 Å². The van der Waals surface area contributed by atoms with Gasteiger partial charge < -0.3 is 4.74 Å². The fourth-order valence-corrected chi connectivity index (χ4v) is 1.52. The van der Waals surface area contributed by atoms with Crippen molar-refractivity contribution < 1.29 is 9.53 Å². The van der Waals surface area contributed by atoms with Crippen molar-refractivity contribution in [3.05, 3.63) is 30.3 Å². The van der Waals surface area contributed by atoms with Crippen LogP contribution in [0, 0.1) is 0 Å². The number of alkyl halides is 2. The quantitative estimate of drug-likeness (QED) is 0.356. The summed E-state index contributed by atoms with van der Waals surface area (Å²) in [5.74, 6) is -0.393. The van der Waals surface area contributed by atoms with E-state index < -0.39 is 10.8 Å². The Labute approximate surface area is 96.5 Å². The maximum absolute atomic E-state index is 10.8. The van der Waals surface area contributed by atoms with Crippen LogP contribution < -0.4 is 0 Å². The molecule has 0 heterocycles. The number of hydrogen-bond acceptors (Lipinski definition) is 3. The van der Waals surface area contributed by atoms with Gasteiger partial charge in [-0.1, -0.05) is 53.2 Å². The van der Waals surface area contributed by atoms with Gasteiger partial charge in [-0.15, -0.1) is 0 Å². The number of benzene rings is 1. The van der Waals surface area contributed by atoms with Crippen molar-refractivity contribution in [3.8, 4) is 0 Å². The topological polar surface area (TPSA) is 26.3 Å². The second kappa shape index (κ2) is 6.17. The molecule has 76 valence electrons. The number of halogens is 2. The first-order valence-electron chi connectivity index (χ1n) is 3.83. The third kappa shape index (κ3) is 4.22. The number of hydrogen-bond donors (Lipinski definition) is 0. The molecule has 0 aromatic heterocycles. The Bertz CT molecular complexity index is 290. The minimum Gasteiger partial charge on any atom is -0.452 e. The van der Waals surface area contributed by atoms with Crippen LogP contribution in [0.3, 0.4) is 0 Å². The van der Waals surface area contributed by atoms with E-state index in [1.807, 2.05) is 30.3 Å². The monoisotopic (exact) mass is 250 g/mol. The summed E-state index contributed by atoms with van der Waals surface area (Å²) in [7, 11) is 0. The Kier molecular flexibility index (Phi) is 5.15. The number of rotatable bonds is 4. The van der Waals surface area contributed by atoms with E-state index in [1.165, 1.54) is 11.8 Å². The largest absolute Gasteiger partial charge is 0.452 e. The zero-order valence-corrected chi connectivity index (χ0v) is 9.48. The van der Waals surface area contributed by atoms with Gasteiger partial charge in [0, 0.05) is 4.90 Å². The van der Waals surface area contributed by atoms with E-state index in [-0.39, 0.29) is 5.94 Å². The van der Waals surface area contributed by atoms with E-state index in [4.69, 9.17) is 27.9 Å². The molecule has 0 N–H and O–H groups in total. The van der Waals surface area contributed by atoms with Crippen LogP contribution in [0.1, 0.15) is 0 Å². The molecule has 14 heavy (non-hydrogen) atoms. The van der Waals surface area contributed by atoms with Crippen molar-refractivity contribution in [1.82, 2.24) is 0 Å². The Balaban J connectivity index is 2.26. The number of carbonyl (C=O) groups is 1. The van der Waals surface area contributed by atoms with Crippen LogP contribution in [-0.2, 0) is 9.53 Å². The lowest BCUT2D eigenvalue weighted by Gasteiger charge is -2.04. The van der Waals surface area contributed by atoms with Crippen LogP contribution >= 0.6 is 35.0 Å². The van der Waals surface area contributed by atoms with Crippen LogP contribution in [0.2, 0.25) is 0 Å². The van der Waals surface area contributed by atoms with Crippen molar-refractivity contribution in [2.75, 3.05) is 5.94 Å². The van der Waals surface area contributed by atoms with Crippen molar-refractivity contribution in [1.29, 1.82) is 0 Å². The van der Waals surface area contributed by atoms with Crippen molar-refractivity contribution >= 4 is 40.9 Å². The molecule has 0 unspecified atom stereocenters. The van der Waals surface area contributed by atoms with Crippen LogP contribution in [0.15, 0.2) is 35.2 Å². The summed E-state index contributed by atoms with van der Waals surface area (Å²) in [5.41, 5.74) is 0. The smallest absolute Gasteiger partial charge is 0.340 e. The highest BCUT2D eigenvalue weighted by Crippen LogP contribution is 2.17. The predicted octanol–water partition coefficient (Wildman–Crippen LogP) is 3.08. The zero-order valence-electron chi connectivity index (χ0n) is 7.15. The molecule has 0 saturated heterocycles. The third-order valence-corrected chi connectivity index (χ3v) is 2.55. The minimum absolute atomic E-state index is 0.221. The van der Waals surface area contributed by atoms with Crippen molar-refractivity contribution in [3.63, 3.8) is 0 Å². The molecule has 1 aromatic rings. The highest BCUT2D eigenvalue weighted by molar-refractivity contribution is 7.99. The van der Waals surface area contributed by atoms with E-state index in [0.29, 0.717) is 0 Å². The number of ether oxygens (including phenoxy) is 1. The van der Waals surface area contributed by atoms with Crippen LogP contribution in [-0.4, -0.2) is 16.7 Å². The molecular weight excluding hydrogens is 243 g/mol. The highest BCUT2D eigenvalue weighted by Gasteiger charge is 2.12. The summed E-state index contributed by atoms with van der Waals surface area (Å²) in [4.78, 5) is 10.8. The Morgan fingerprint density at radius 3 is 2.57 bits per heavy atom. The standard InChI is InChI=1S/C9H8Cl2O2S/c10-8(11)9(12)13-6-14-7-4-2-1-3-5-7/h1-5,8H,6H2. The van der Waals surface area contributed by atoms with Crippen molar-refractivity contribution in [2.45, 2.75) is 9.73 Å². The molecule has 5 heteroatoms. The summed E-state index contributed by atoms with van der Waals surface area (Å²) in [6, 6.07) is 9.60. The minimum atomic E-state index is -1.11. The van der Waals surface area contributed by atoms with Gasteiger partial charge in [-0.25, -0.2) is 4.79 Å². The summed E-state index contributed by atoms with van der Waals surface area (Å²) in [6.45, 7) is 0. The van der Waals surface area contributed by atoms with Gasteiger partial charge in [-0.2, -0.15) is 0 Å². The lowest BCUT2D eigenvalue weighted by Crippen LogP contribution is -2.11. The molecule has 0 amide bonds. The molecule has 0 radical (unpaired) electrons. The second-order valence-electron chi connectivity index (χ2n) is 2.34. The SMILES string of the molecule is O=C(OCSc1ccccc1)C(Cl)Cl. The van der Waals surface area contributed by atoms with Gasteiger partial charge in [0.2, 0.25) is 4.84 Å². The molecule has 0 aliphatic rings. The molecular formula is C9H8Cl2O2S. The van der Waals surface area contributed by atoms with Gasteiger partial charge in [0.25, 0.3) is 0 Å². The van der Waals surface area contributed by atoms with Gasteiger partial charge >= 0.3 is 5.97 Å². The molecule has 0 fully saturated rings. The normalized spacial score (nSPS) is 10.2. The maximum atomic E-state index is 10.8. The van der Waals surface area contributed by atoms with Gasteiger partial charge in [0.1, 0.15) is 5.94 Å². The third-order valence-electron chi connectivity index (χ3n) is 1.35. The molecule has 0 bridgehead atoms.